The van der Waals surface area contributed by atoms with Gasteiger partial charge < -0.3 is 10.4 Å². The molecule has 2 N–H and O–H groups in total. The van der Waals surface area contributed by atoms with Gasteiger partial charge in [-0.1, -0.05) is 13.8 Å². The van der Waals surface area contributed by atoms with Gasteiger partial charge in [-0.3, -0.25) is 0 Å². The zero-order valence-electron chi connectivity index (χ0n) is 11.0. The van der Waals surface area contributed by atoms with Gasteiger partial charge >= 0.3 is 0 Å². The van der Waals surface area contributed by atoms with Crippen molar-refractivity contribution in [2.24, 2.45) is 17.3 Å². The van der Waals surface area contributed by atoms with Crippen molar-refractivity contribution < 1.29 is 5.11 Å². The number of hydrogen-bond acceptors (Lipinski definition) is 2. The summed E-state index contributed by atoms with van der Waals surface area (Å²) in [5, 5.41) is 13.6. The summed E-state index contributed by atoms with van der Waals surface area (Å²) in [4.78, 5) is 0. The number of aliphatic hydroxyl groups excluding tert-OH is 1. The van der Waals surface area contributed by atoms with E-state index in [1.165, 1.54) is 25.7 Å². The molecule has 2 heteroatoms. The molecule has 0 aromatic heterocycles. The minimum absolute atomic E-state index is 0.0437. The zero-order valence-corrected chi connectivity index (χ0v) is 11.0. The lowest BCUT2D eigenvalue weighted by Crippen LogP contribution is -2.45. The van der Waals surface area contributed by atoms with Crippen LogP contribution in [0.4, 0.5) is 0 Å². The van der Waals surface area contributed by atoms with Crippen LogP contribution in [-0.4, -0.2) is 23.8 Å². The van der Waals surface area contributed by atoms with Crippen LogP contribution >= 0.6 is 0 Å². The van der Waals surface area contributed by atoms with E-state index in [4.69, 9.17) is 0 Å². The maximum atomic E-state index is 9.85. The summed E-state index contributed by atoms with van der Waals surface area (Å²) in [7, 11) is 0. The normalized spacial score (nSPS) is 26.8. The van der Waals surface area contributed by atoms with Crippen molar-refractivity contribution in [2.75, 3.05) is 6.54 Å². The smallest absolute Gasteiger partial charge is 0.0577 e. The Labute approximate surface area is 99.8 Å². The van der Waals surface area contributed by atoms with E-state index in [1.54, 1.807) is 0 Å². The fourth-order valence-electron chi connectivity index (χ4n) is 2.55. The van der Waals surface area contributed by atoms with Gasteiger partial charge in [0.25, 0.3) is 0 Å². The highest BCUT2D eigenvalue weighted by Gasteiger charge is 2.42. The van der Waals surface area contributed by atoms with Crippen molar-refractivity contribution in [3.8, 4) is 0 Å². The van der Waals surface area contributed by atoms with Crippen LogP contribution in [0, 0.1) is 17.3 Å². The largest absolute Gasteiger partial charge is 0.393 e. The zero-order chi connectivity index (χ0) is 11.8. The van der Waals surface area contributed by atoms with Crippen molar-refractivity contribution in [1.82, 2.24) is 5.32 Å². The Kier molecular flexibility index (Phi) is 3.60. The fraction of sp³-hybridized carbons (Fsp3) is 1.00. The van der Waals surface area contributed by atoms with Gasteiger partial charge in [-0.15, -0.1) is 0 Å². The highest BCUT2D eigenvalue weighted by Crippen LogP contribution is 2.44. The van der Waals surface area contributed by atoms with Crippen LogP contribution < -0.4 is 5.32 Å². The molecule has 2 fully saturated rings. The van der Waals surface area contributed by atoms with Crippen LogP contribution in [-0.2, 0) is 0 Å². The average molecular weight is 225 g/mol. The van der Waals surface area contributed by atoms with E-state index in [0.29, 0.717) is 0 Å². The van der Waals surface area contributed by atoms with E-state index in [2.05, 4.69) is 19.2 Å². The maximum Gasteiger partial charge on any atom is 0.0577 e. The second kappa shape index (κ2) is 4.66. The topological polar surface area (TPSA) is 32.3 Å². The van der Waals surface area contributed by atoms with Crippen LogP contribution in [0.3, 0.4) is 0 Å². The Morgan fingerprint density at radius 2 is 1.75 bits per heavy atom. The third-order valence-corrected chi connectivity index (χ3v) is 4.82. The molecular formula is C14H27NO. The molecule has 0 saturated heterocycles. The van der Waals surface area contributed by atoms with Crippen LogP contribution in [0.1, 0.15) is 52.9 Å². The SMILES string of the molecule is CCC(C)(CNC(C1CC1)C1CC1)C(C)O. The number of aliphatic hydroxyl groups is 1. The van der Waals surface area contributed by atoms with Gasteiger partial charge in [0.1, 0.15) is 0 Å². The first-order valence-corrected chi connectivity index (χ1v) is 6.98. The molecule has 2 aliphatic carbocycles. The predicted octanol–water partition coefficient (Wildman–Crippen LogP) is 2.56. The molecule has 0 heterocycles. The summed E-state index contributed by atoms with van der Waals surface area (Å²) in [5.41, 5.74) is 0.0437. The van der Waals surface area contributed by atoms with Crippen LogP contribution in [0.25, 0.3) is 0 Å². The highest BCUT2D eigenvalue weighted by molar-refractivity contribution is 4.97. The fourth-order valence-corrected chi connectivity index (χ4v) is 2.55. The Hall–Kier alpha value is -0.0800. The summed E-state index contributed by atoms with van der Waals surface area (Å²) in [5.74, 6) is 1.89. The van der Waals surface area contributed by atoms with Gasteiger partial charge in [0.2, 0.25) is 0 Å². The molecule has 2 aliphatic rings. The first-order valence-electron chi connectivity index (χ1n) is 6.98. The predicted molar refractivity (Wildman–Crippen MR) is 67.3 cm³/mol. The third kappa shape index (κ3) is 2.78. The molecule has 0 aromatic rings. The van der Waals surface area contributed by atoms with Crippen LogP contribution in [0.15, 0.2) is 0 Å². The minimum Gasteiger partial charge on any atom is -0.393 e. The number of hydrogen-bond donors (Lipinski definition) is 2. The van der Waals surface area contributed by atoms with E-state index >= 15 is 0 Å². The number of rotatable bonds is 7. The first kappa shape index (κ1) is 12.4. The highest BCUT2D eigenvalue weighted by atomic mass is 16.3. The molecule has 16 heavy (non-hydrogen) atoms. The summed E-state index contributed by atoms with van der Waals surface area (Å²) >= 11 is 0. The lowest BCUT2D eigenvalue weighted by Gasteiger charge is -2.34. The Bertz CT molecular complexity index is 221. The van der Waals surface area contributed by atoms with E-state index in [9.17, 15) is 5.11 Å². The van der Waals surface area contributed by atoms with E-state index in [-0.39, 0.29) is 11.5 Å². The Morgan fingerprint density at radius 1 is 1.25 bits per heavy atom. The molecule has 0 radical (unpaired) electrons. The third-order valence-electron chi connectivity index (χ3n) is 4.82. The molecule has 0 amide bonds. The molecule has 2 nitrogen and oxygen atoms in total. The quantitative estimate of drug-likeness (QED) is 0.698. The second-order valence-corrected chi connectivity index (χ2v) is 6.27. The lowest BCUT2D eigenvalue weighted by atomic mass is 9.82. The number of nitrogens with one attached hydrogen (secondary N) is 1. The molecular weight excluding hydrogens is 198 g/mol. The summed E-state index contributed by atoms with van der Waals surface area (Å²) in [6.07, 6.45) is 6.51. The maximum absolute atomic E-state index is 9.85. The van der Waals surface area contributed by atoms with E-state index in [0.717, 1.165) is 30.8 Å². The van der Waals surface area contributed by atoms with Crippen molar-refractivity contribution in [1.29, 1.82) is 0 Å². The molecule has 2 atom stereocenters. The molecule has 2 saturated carbocycles. The molecule has 94 valence electrons. The summed E-state index contributed by atoms with van der Waals surface area (Å²) in [6, 6.07) is 0.754. The van der Waals surface area contributed by atoms with E-state index in [1.807, 2.05) is 6.92 Å². The lowest BCUT2D eigenvalue weighted by molar-refractivity contribution is 0.0457. The van der Waals surface area contributed by atoms with Gasteiger partial charge in [0.05, 0.1) is 6.10 Å². The average Bonchev–Trinajstić information content (AvgIpc) is 3.10. The van der Waals surface area contributed by atoms with Gasteiger partial charge in [-0.2, -0.15) is 0 Å². The van der Waals surface area contributed by atoms with Gasteiger partial charge in [0.15, 0.2) is 0 Å². The molecule has 0 bridgehead atoms. The van der Waals surface area contributed by atoms with Crippen LogP contribution in [0.5, 0.6) is 0 Å². The summed E-state index contributed by atoms with van der Waals surface area (Å²) in [6.45, 7) is 7.27. The van der Waals surface area contributed by atoms with Crippen molar-refractivity contribution in [3.05, 3.63) is 0 Å². The van der Waals surface area contributed by atoms with Gasteiger partial charge in [-0.25, -0.2) is 0 Å². The summed E-state index contributed by atoms with van der Waals surface area (Å²) < 4.78 is 0. The molecule has 0 aliphatic heterocycles. The van der Waals surface area contributed by atoms with Crippen molar-refractivity contribution in [3.63, 3.8) is 0 Å². The molecule has 2 rings (SSSR count). The monoisotopic (exact) mass is 225 g/mol. The van der Waals surface area contributed by atoms with Gasteiger partial charge in [0, 0.05) is 18.0 Å². The molecule has 0 spiro atoms. The molecule has 0 aromatic carbocycles. The Balaban J connectivity index is 1.83. The second-order valence-electron chi connectivity index (χ2n) is 6.27. The standard InChI is InChI=1S/C14H27NO/c1-4-14(3,10(2)16)9-15-13(11-5-6-11)12-7-8-12/h10-13,15-16H,4-9H2,1-3H3. The van der Waals surface area contributed by atoms with E-state index < -0.39 is 0 Å². The van der Waals surface area contributed by atoms with Crippen LogP contribution in [0.2, 0.25) is 0 Å². The van der Waals surface area contributed by atoms with Crippen molar-refractivity contribution in [2.45, 2.75) is 65.0 Å². The van der Waals surface area contributed by atoms with Gasteiger partial charge in [-0.05, 0) is 50.9 Å². The molecule has 2 unspecified atom stereocenters. The minimum atomic E-state index is -0.218. The van der Waals surface area contributed by atoms with Crippen molar-refractivity contribution >= 4 is 0 Å². The Morgan fingerprint density at radius 3 is 2.06 bits per heavy atom. The first-order chi connectivity index (χ1) is 7.57.